The number of hydrogen-bond donors (Lipinski definition) is 0. The second-order valence-electron chi connectivity index (χ2n) is 3.74. The number of hydrogen-bond acceptors (Lipinski definition) is 3. The summed E-state index contributed by atoms with van der Waals surface area (Å²) in [5, 5.41) is 10.8. The summed E-state index contributed by atoms with van der Waals surface area (Å²) in [6.07, 6.45) is 0. The molecule has 6 heteroatoms. The Morgan fingerprint density at radius 2 is 1.95 bits per heavy atom. The molecule has 0 N–H and O–H groups in total. The summed E-state index contributed by atoms with van der Waals surface area (Å²) in [6, 6.07) is 12.1. The standard InChI is InChI=1S/C13H9ClINO3/c14-8-9-6-12(4-5-13(9)16(17)18)19-11-3-1-2-10(15)7-11/h1-7H,8H2. The monoisotopic (exact) mass is 389 g/mol. The van der Waals surface area contributed by atoms with Gasteiger partial charge < -0.3 is 4.74 Å². The van der Waals surface area contributed by atoms with Crippen LogP contribution in [-0.2, 0) is 5.88 Å². The van der Waals surface area contributed by atoms with E-state index < -0.39 is 4.92 Å². The van der Waals surface area contributed by atoms with Crippen molar-refractivity contribution >= 4 is 39.9 Å². The van der Waals surface area contributed by atoms with Crippen molar-refractivity contribution < 1.29 is 9.66 Å². The zero-order valence-electron chi connectivity index (χ0n) is 9.68. The Morgan fingerprint density at radius 1 is 1.21 bits per heavy atom. The second kappa shape index (κ2) is 6.21. The number of ether oxygens (including phenoxy) is 1. The SMILES string of the molecule is O=[N+]([O-])c1ccc(Oc2cccc(I)c2)cc1CCl. The highest BCUT2D eigenvalue weighted by atomic mass is 127. The molecule has 19 heavy (non-hydrogen) atoms. The Bertz CT molecular complexity index is 619. The summed E-state index contributed by atoms with van der Waals surface area (Å²) in [6.45, 7) is 0. The molecule has 2 aromatic rings. The molecule has 0 saturated carbocycles. The van der Waals surface area contributed by atoms with E-state index in [0.29, 0.717) is 17.1 Å². The maximum atomic E-state index is 10.8. The van der Waals surface area contributed by atoms with Crippen LogP contribution < -0.4 is 4.74 Å². The number of alkyl halides is 1. The van der Waals surface area contributed by atoms with Crippen LogP contribution in [0.2, 0.25) is 0 Å². The molecule has 0 radical (unpaired) electrons. The van der Waals surface area contributed by atoms with Gasteiger partial charge in [-0.1, -0.05) is 6.07 Å². The molecule has 0 fully saturated rings. The highest BCUT2D eigenvalue weighted by Gasteiger charge is 2.13. The van der Waals surface area contributed by atoms with E-state index in [0.717, 1.165) is 3.57 Å². The van der Waals surface area contributed by atoms with Gasteiger partial charge in [0.25, 0.3) is 5.69 Å². The first kappa shape index (κ1) is 14.1. The predicted octanol–water partition coefficient (Wildman–Crippen LogP) is 4.73. The van der Waals surface area contributed by atoms with Gasteiger partial charge in [0, 0.05) is 15.2 Å². The fourth-order valence-corrected chi connectivity index (χ4v) is 2.31. The van der Waals surface area contributed by atoms with Crippen LogP contribution in [0.25, 0.3) is 0 Å². The molecule has 0 atom stereocenters. The van der Waals surface area contributed by atoms with E-state index in [1.165, 1.54) is 6.07 Å². The molecule has 0 aromatic heterocycles. The summed E-state index contributed by atoms with van der Waals surface area (Å²) >= 11 is 7.90. The third-order valence-corrected chi connectivity index (χ3v) is 3.38. The minimum absolute atomic E-state index is 0.00462. The zero-order chi connectivity index (χ0) is 13.8. The maximum Gasteiger partial charge on any atom is 0.274 e. The Labute approximate surface area is 128 Å². The van der Waals surface area contributed by atoms with E-state index in [1.807, 2.05) is 24.3 Å². The smallest absolute Gasteiger partial charge is 0.274 e. The highest BCUT2D eigenvalue weighted by Crippen LogP contribution is 2.29. The molecular weight excluding hydrogens is 381 g/mol. The number of nitrogens with zero attached hydrogens (tertiary/aromatic N) is 1. The van der Waals surface area contributed by atoms with Gasteiger partial charge in [-0.25, -0.2) is 0 Å². The largest absolute Gasteiger partial charge is 0.457 e. The lowest BCUT2D eigenvalue weighted by atomic mass is 10.2. The highest BCUT2D eigenvalue weighted by molar-refractivity contribution is 14.1. The average Bonchev–Trinajstić information content (AvgIpc) is 2.38. The molecule has 0 aliphatic rings. The van der Waals surface area contributed by atoms with Crippen LogP contribution in [0.1, 0.15) is 5.56 Å². The summed E-state index contributed by atoms with van der Waals surface area (Å²) in [5.74, 6) is 1.28. The van der Waals surface area contributed by atoms with Crippen molar-refractivity contribution in [1.29, 1.82) is 0 Å². The van der Waals surface area contributed by atoms with Crippen molar-refractivity contribution in [2.45, 2.75) is 5.88 Å². The number of benzene rings is 2. The fraction of sp³-hybridized carbons (Fsp3) is 0.0769. The molecule has 0 unspecified atom stereocenters. The summed E-state index contributed by atoms with van der Waals surface area (Å²) < 4.78 is 6.70. The Hall–Kier alpha value is -1.34. The lowest BCUT2D eigenvalue weighted by Crippen LogP contribution is -1.94. The summed E-state index contributed by atoms with van der Waals surface area (Å²) in [7, 11) is 0. The molecule has 0 spiro atoms. The van der Waals surface area contributed by atoms with Gasteiger partial charge in [0.05, 0.1) is 10.8 Å². The lowest BCUT2D eigenvalue weighted by molar-refractivity contribution is -0.385. The van der Waals surface area contributed by atoms with Gasteiger partial charge >= 0.3 is 0 Å². The van der Waals surface area contributed by atoms with E-state index in [-0.39, 0.29) is 11.6 Å². The van der Waals surface area contributed by atoms with Crippen LogP contribution in [0.15, 0.2) is 42.5 Å². The van der Waals surface area contributed by atoms with Crippen molar-refractivity contribution in [1.82, 2.24) is 0 Å². The fourth-order valence-electron chi connectivity index (χ4n) is 1.58. The predicted molar refractivity (Wildman–Crippen MR) is 81.9 cm³/mol. The molecule has 98 valence electrons. The molecule has 4 nitrogen and oxygen atoms in total. The molecular formula is C13H9ClINO3. The van der Waals surface area contributed by atoms with Gasteiger partial charge in [0.1, 0.15) is 11.5 Å². The second-order valence-corrected chi connectivity index (χ2v) is 5.25. The van der Waals surface area contributed by atoms with Gasteiger partial charge in [0.2, 0.25) is 0 Å². The van der Waals surface area contributed by atoms with Crippen LogP contribution in [0, 0.1) is 13.7 Å². The van der Waals surface area contributed by atoms with E-state index in [2.05, 4.69) is 22.6 Å². The van der Waals surface area contributed by atoms with Gasteiger partial charge in [0.15, 0.2) is 0 Å². The van der Waals surface area contributed by atoms with Crippen LogP contribution in [-0.4, -0.2) is 4.92 Å². The van der Waals surface area contributed by atoms with Gasteiger partial charge in [-0.05, 0) is 52.9 Å². The molecule has 2 rings (SSSR count). The quantitative estimate of drug-likeness (QED) is 0.329. The van der Waals surface area contributed by atoms with Crippen molar-refractivity contribution in [3.63, 3.8) is 0 Å². The third kappa shape index (κ3) is 3.57. The van der Waals surface area contributed by atoms with E-state index in [9.17, 15) is 10.1 Å². The molecule has 0 amide bonds. The van der Waals surface area contributed by atoms with Crippen molar-refractivity contribution in [2.24, 2.45) is 0 Å². The van der Waals surface area contributed by atoms with Gasteiger partial charge in [-0.2, -0.15) is 0 Å². The van der Waals surface area contributed by atoms with Crippen LogP contribution >= 0.6 is 34.2 Å². The van der Waals surface area contributed by atoms with Crippen molar-refractivity contribution in [3.05, 3.63) is 61.7 Å². The van der Waals surface area contributed by atoms with Crippen molar-refractivity contribution in [2.75, 3.05) is 0 Å². The van der Waals surface area contributed by atoms with Gasteiger partial charge in [-0.15, -0.1) is 11.6 Å². The first-order valence-electron chi connectivity index (χ1n) is 5.37. The number of halogens is 2. The molecule has 0 aliphatic heterocycles. The Kier molecular flexibility index (Phi) is 4.60. The van der Waals surface area contributed by atoms with Gasteiger partial charge in [-0.3, -0.25) is 10.1 Å². The normalized spacial score (nSPS) is 10.2. The summed E-state index contributed by atoms with van der Waals surface area (Å²) in [5.41, 5.74) is 0.444. The topological polar surface area (TPSA) is 52.4 Å². The first-order valence-corrected chi connectivity index (χ1v) is 6.98. The average molecular weight is 390 g/mol. The molecule has 2 aromatic carbocycles. The third-order valence-electron chi connectivity index (χ3n) is 2.42. The minimum atomic E-state index is -0.451. The molecule has 0 heterocycles. The van der Waals surface area contributed by atoms with Crippen LogP contribution in [0.4, 0.5) is 5.69 Å². The van der Waals surface area contributed by atoms with Crippen LogP contribution in [0.3, 0.4) is 0 Å². The van der Waals surface area contributed by atoms with E-state index in [4.69, 9.17) is 16.3 Å². The number of rotatable bonds is 4. The number of nitro benzene ring substituents is 1. The lowest BCUT2D eigenvalue weighted by Gasteiger charge is -2.07. The van der Waals surface area contributed by atoms with E-state index >= 15 is 0 Å². The molecule has 0 saturated heterocycles. The Morgan fingerprint density at radius 3 is 2.58 bits per heavy atom. The van der Waals surface area contributed by atoms with Crippen molar-refractivity contribution in [3.8, 4) is 11.5 Å². The Balaban J connectivity index is 2.29. The molecule has 0 bridgehead atoms. The maximum absolute atomic E-state index is 10.8. The zero-order valence-corrected chi connectivity index (χ0v) is 12.6. The molecule has 0 aliphatic carbocycles. The van der Waals surface area contributed by atoms with Crippen LogP contribution in [0.5, 0.6) is 11.5 Å². The minimum Gasteiger partial charge on any atom is -0.457 e. The number of nitro groups is 1. The van der Waals surface area contributed by atoms with E-state index in [1.54, 1.807) is 12.1 Å². The first-order chi connectivity index (χ1) is 9.10. The summed E-state index contributed by atoms with van der Waals surface area (Å²) in [4.78, 5) is 10.3.